The molecule has 0 fully saturated rings. The van der Waals surface area contributed by atoms with E-state index in [4.69, 9.17) is 26.8 Å². The van der Waals surface area contributed by atoms with E-state index in [1.54, 1.807) is 43.5 Å². The highest BCUT2D eigenvalue weighted by atomic mass is 16.5. The number of ether oxygens (including phenoxy) is 2. The normalized spacial score (nSPS) is 10.8. The molecule has 0 amide bonds. The minimum Gasteiger partial charge on any atom is -0.508 e. The lowest BCUT2D eigenvalue weighted by Gasteiger charge is -2.21. The van der Waals surface area contributed by atoms with Crippen molar-refractivity contribution in [1.29, 1.82) is 0 Å². The van der Waals surface area contributed by atoms with E-state index < -0.39 is 0 Å². The van der Waals surface area contributed by atoms with Gasteiger partial charge in [0.15, 0.2) is 0 Å². The van der Waals surface area contributed by atoms with Crippen molar-refractivity contribution < 1.29 is 19.7 Å². The molecule has 0 bridgehead atoms. The number of nitrogen functional groups attached to an aromatic ring is 1. The lowest BCUT2D eigenvalue weighted by molar-refractivity contribution is 0.146. The number of phenols is 2. The molecule has 0 aliphatic carbocycles. The molecule has 8 heteroatoms. The maximum Gasteiger partial charge on any atom is 0.126 e. The van der Waals surface area contributed by atoms with Gasteiger partial charge in [-0.3, -0.25) is 5.01 Å². The molecule has 8 N–H and O–H groups in total. The number of rotatable bonds is 9. The van der Waals surface area contributed by atoms with Crippen molar-refractivity contribution in [3.05, 3.63) is 71.3 Å². The second kappa shape index (κ2) is 10.0. The van der Waals surface area contributed by atoms with E-state index in [0.717, 1.165) is 5.56 Å². The summed E-state index contributed by atoms with van der Waals surface area (Å²) in [7, 11) is 1.61. The van der Waals surface area contributed by atoms with Crippen molar-refractivity contribution in [2.75, 3.05) is 31.1 Å². The molecule has 0 saturated heterocycles. The van der Waals surface area contributed by atoms with E-state index in [2.05, 4.69) is 0 Å². The fourth-order valence-electron chi connectivity index (χ4n) is 3.18. The zero-order valence-electron chi connectivity index (χ0n) is 17.4. The highest BCUT2D eigenvalue weighted by Gasteiger charge is 2.13. The number of nitrogens with zero attached hydrogens (tertiary/aromatic N) is 1. The summed E-state index contributed by atoms with van der Waals surface area (Å²) in [5, 5.41) is 22.0. The molecule has 0 aromatic heterocycles. The quantitative estimate of drug-likeness (QED) is 0.116. The molecule has 3 aromatic carbocycles. The third kappa shape index (κ3) is 5.37. The number of hydrogen-bond acceptors (Lipinski definition) is 8. The Hall–Kier alpha value is -3.46. The van der Waals surface area contributed by atoms with E-state index in [9.17, 15) is 10.2 Å². The average molecular weight is 425 g/mol. The molecule has 0 aliphatic rings. The summed E-state index contributed by atoms with van der Waals surface area (Å²) < 4.78 is 10.8. The van der Waals surface area contributed by atoms with Gasteiger partial charge in [0.2, 0.25) is 0 Å². The topological polar surface area (TPSA) is 140 Å². The Bertz CT molecular complexity index is 1040. The van der Waals surface area contributed by atoms with Crippen molar-refractivity contribution in [3.8, 4) is 17.2 Å². The second-order valence-corrected chi connectivity index (χ2v) is 7.09. The van der Waals surface area contributed by atoms with Crippen LogP contribution in [0.15, 0.2) is 54.6 Å². The van der Waals surface area contributed by atoms with Crippen LogP contribution < -0.4 is 27.1 Å². The van der Waals surface area contributed by atoms with Gasteiger partial charge in [0.25, 0.3) is 0 Å². The van der Waals surface area contributed by atoms with Crippen LogP contribution in [0.5, 0.6) is 17.2 Å². The van der Waals surface area contributed by atoms with E-state index in [1.807, 2.05) is 12.1 Å². The molecule has 164 valence electrons. The van der Waals surface area contributed by atoms with Crippen molar-refractivity contribution in [2.45, 2.75) is 13.0 Å². The number of methoxy groups -OCH3 is 1. The molecule has 0 atom stereocenters. The summed E-state index contributed by atoms with van der Waals surface area (Å²) >= 11 is 0. The van der Waals surface area contributed by atoms with Gasteiger partial charge in [-0.25, -0.2) is 5.84 Å². The van der Waals surface area contributed by atoms with Gasteiger partial charge in [-0.05, 0) is 35.9 Å². The molecule has 0 aliphatic heterocycles. The maximum atomic E-state index is 10.5. The van der Waals surface area contributed by atoms with E-state index >= 15 is 0 Å². The Kier molecular flexibility index (Phi) is 7.19. The van der Waals surface area contributed by atoms with Crippen LogP contribution in [0.2, 0.25) is 0 Å². The largest absolute Gasteiger partial charge is 0.508 e. The van der Waals surface area contributed by atoms with Gasteiger partial charge in [-0.2, -0.15) is 0 Å². The van der Waals surface area contributed by atoms with Crippen LogP contribution in [0.3, 0.4) is 0 Å². The zero-order chi connectivity index (χ0) is 22.4. The van der Waals surface area contributed by atoms with Crippen LogP contribution in [0.25, 0.3) is 0 Å². The molecule has 3 rings (SSSR count). The molecular weight excluding hydrogens is 396 g/mol. The molecule has 0 saturated carbocycles. The Morgan fingerprint density at radius 3 is 2.23 bits per heavy atom. The molecule has 0 unspecified atom stereocenters. The van der Waals surface area contributed by atoms with Gasteiger partial charge in [0.05, 0.1) is 18.0 Å². The highest BCUT2D eigenvalue weighted by molar-refractivity contribution is 5.66. The summed E-state index contributed by atoms with van der Waals surface area (Å²) in [6.45, 7) is 1.18. The Morgan fingerprint density at radius 1 is 0.839 bits per heavy atom. The molecule has 31 heavy (non-hydrogen) atoms. The molecule has 0 heterocycles. The van der Waals surface area contributed by atoms with Crippen molar-refractivity contribution >= 4 is 17.1 Å². The van der Waals surface area contributed by atoms with Crippen LogP contribution in [-0.2, 0) is 17.7 Å². The SMILES string of the molecule is COCCOc1cc(N(N)c2ccc(Cc3cc(N)ccc3O)c(O)c2)ccc1CN. The lowest BCUT2D eigenvalue weighted by Crippen LogP contribution is -2.25. The lowest BCUT2D eigenvalue weighted by atomic mass is 10.0. The van der Waals surface area contributed by atoms with Gasteiger partial charge >= 0.3 is 0 Å². The van der Waals surface area contributed by atoms with Crippen molar-refractivity contribution in [3.63, 3.8) is 0 Å². The summed E-state index contributed by atoms with van der Waals surface area (Å²) in [5.74, 6) is 7.12. The van der Waals surface area contributed by atoms with Gasteiger partial charge in [-0.1, -0.05) is 12.1 Å². The number of phenolic OH excluding ortho intramolecular Hbond substituents is 2. The van der Waals surface area contributed by atoms with E-state index in [1.165, 1.54) is 11.1 Å². The first-order valence-corrected chi connectivity index (χ1v) is 9.81. The van der Waals surface area contributed by atoms with Crippen molar-refractivity contribution in [1.82, 2.24) is 0 Å². The van der Waals surface area contributed by atoms with Crippen LogP contribution in [0, 0.1) is 0 Å². The van der Waals surface area contributed by atoms with Crippen LogP contribution in [0.1, 0.15) is 16.7 Å². The number of aromatic hydroxyl groups is 2. The summed E-state index contributed by atoms with van der Waals surface area (Å²) in [6, 6.07) is 15.5. The minimum atomic E-state index is 0.0601. The van der Waals surface area contributed by atoms with Crippen LogP contribution >= 0.6 is 0 Å². The first-order valence-electron chi connectivity index (χ1n) is 9.81. The van der Waals surface area contributed by atoms with E-state index in [0.29, 0.717) is 60.1 Å². The molecule has 3 aromatic rings. The van der Waals surface area contributed by atoms with Gasteiger partial charge in [0, 0.05) is 49.0 Å². The highest BCUT2D eigenvalue weighted by Crippen LogP contribution is 2.33. The number of nitrogens with two attached hydrogens (primary N) is 3. The van der Waals surface area contributed by atoms with Gasteiger partial charge in [-0.15, -0.1) is 0 Å². The average Bonchev–Trinajstić information content (AvgIpc) is 2.77. The summed E-state index contributed by atoms with van der Waals surface area (Å²) in [5.41, 5.74) is 15.5. The Morgan fingerprint density at radius 2 is 1.55 bits per heavy atom. The van der Waals surface area contributed by atoms with Gasteiger partial charge in [0.1, 0.15) is 23.9 Å². The number of hydrogen-bond donors (Lipinski definition) is 5. The standard InChI is InChI=1S/C23H28N4O4/c1-30-8-9-31-23-13-20(6-3-16(23)14-24)27(26)19-5-2-15(22(29)12-19)10-17-11-18(25)4-7-21(17)28/h2-7,11-13,28-29H,8-10,14,24-26H2,1H3. The minimum absolute atomic E-state index is 0.0601. The molecule has 0 spiro atoms. The maximum absolute atomic E-state index is 10.5. The number of anilines is 3. The number of hydrazine groups is 1. The predicted molar refractivity (Wildman–Crippen MR) is 121 cm³/mol. The van der Waals surface area contributed by atoms with Crippen LogP contribution in [-0.4, -0.2) is 30.5 Å². The fourth-order valence-corrected chi connectivity index (χ4v) is 3.18. The monoisotopic (exact) mass is 424 g/mol. The number of benzene rings is 3. The fraction of sp³-hybridized carbons (Fsp3) is 0.217. The zero-order valence-corrected chi connectivity index (χ0v) is 17.4. The van der Waals surface area contributed by atoms with E-state index in [-0.39, 0.29) is 11.5 Å². The third-order valence-electron chi connectivity index (χ3n) is 4.93. The molecule has 8 nitrogen and oxygen atoms in total. The summed E-state index contributed by atoms with van der Waals surface area (Å²) in [6.07, 6.45) is 0.330. The Balaban J connectivity index is 1.82. The smallest absolute Gasteiger partial charge is 0.126 e. The van der Waals surface area contributed by atoms with Gasteiger partial charge < -0.3 is 31.2 Å². The predicted octanol–water partition coefficient (Wildman–Crippen LogP) is 2.77. The second-order valence-electron chi connectivity index (χ2n) is 7.09. The molecule has 0 radical (unpaired) electrons. The molecular formula is C23H28N4O4. The van der Waals surface area contributed by atoms with Crippen LogP contribution in [0.4, 0.5) is 17.1 Å². The first-order chi connectivity index (χ1) is 14.9. The Labute approximate surface area is 181 Å². The third-order valence-corrected chi connectivity index (χ3v) is 4.93. The summed E-state index contributed by atoms with van der Waals surface area (Å²) in [4.78, 5) is 0. The first kappa shape index (κ1) is 22.2. The van der Waals surface area contributed by atoms with Crippen molar-refractivity contribution in [2.24, 2.45) is 11.6 Å².